The van der Waals surface area contributed by atoms with Crippen LogP contribution in [-0.4, -0.2) is 15.7 Å². The van der Waals surface area contributed by atoms with Crippen molar-refractivity contribution in [3.05, 3.63) is 34.9 Å². The highest BCUT2D eigenvalue weighted by Crippen LogP contribution is 2.18. The summed E-state index contributed by atoms with van der Waals surface area (Å²) < 4.78 is 1.73. The van der Waals surface area contributed by atoms with Crippen LogP contribution in [0.25, 0.3) is 5.52 Å². The lowest BCUT2D eigenvalue weighted by Gasteiger charge is -1.98. The van der Waals surface area contributed by atoms with Gasteiger partial charge in [-0.2, -0.15) is 0 Å². The number of aryl methyl sites for hydroxylation is 1. The first-order chi connectivity index (χ1) is 6.24. The van der Waals surface area contributed by atoms with Crippen molar-refractivity contribution in [1.82, 2.24) is 9.38 Å². The van der Waals surface area contributed by atoms with Crippen LogP contribution in [0, 0.1) is 6.92 Å². The van der Waals surface area contributed by atoms with Gasteiger partial charge >= 0.3 is 0 Å². The number of hydrogen-bond donors (Lipinski definition) is 0. The van der Waals surface area contributed by atoms with Crippen LogP contribution >= 0.6 is 11.6 Å². The second-order valence-corrected chi connectivity index (χ2v) is 3.10. The van der Waals surface area contributed by atoms with Gasteiger partial charge in [0.25, 0.3) is 0 Å². The third-order valence-corrected chi connectivity index (χ3v) is 2.21. The lowest BCUT2D eigenvalue weighted by molar-refractivity contribution is 0.111. The summed E-state index contributed by atoms with van der Waals surface area (Å²) in [5.41, 5.74) is 1.33. The number of aromatic nitrogens is 2. The Morgan fingerprint density at radius 1 is 1.54 bits per heavy atom. The SMILES string of the molecule is Cc1nc(Cl)c2cccc(C=O)n12. The van der Waals surface area contributed by atoms with Crippen molar-refractivity contribution >= 4 is 23.4 Å². The Morgan fingerprint density at radius 2 is 2.31 bits per heavy atom. The lowest BCUT2D eigenvalue weighted by Crippen LogP contribution is -1.96. The van der Waals surface area contributed by atoms with Crippen molar-refractivity contribution in [2.24, 2.45) is 0 Å². The molecule has 2 rings (SSSR count). The number of halogens is 1. The van der Waals surface area contributed by atoms with E-state index in [9.17, 15) is 4.79 Å². The molecule has 0 aliphatic rings. The number of imidazole rings is 1. The minimum Gasteiger partial charge on any atom is -0.296 e. The van der Waals surface area contributed by atoms with Gasteiger partial charge in [0.15, 0.2) is 11.4 Å². The fourth-order valence-electron chi connectivity index (χ4n) is 1.39. The summed E-state index contributed by atoms with van der Waals surface area (Å²) in [7, 11) is 0. The van der Waals surface area contributed by atoms with E-state index in [1.807, 2.05) is 13.0 Å². The molecule has 0 saturated carbocycles. The number of hydrogen-bond acceptors (Lipinski definition) is 2. The van der Waals surface area contributed by atoms with Gasteiger partial charge in [-0.1, -0.05) is 17.7 Å². The number of rotatable bonds is 1. The maximum atomic E-state index is 10.7. The van der Waals surface area contributed by atoms with E-state index in [1.54, 1.807) is 16.5 Å². The molecule has 0 saturated heterocycles. The molecule has 0 unspecified atom stereocenters. The minimum atomic E-state index is 0.432. The van der Waals surface area contributed by atoms with E-state index in [1.165, 1.54) is 0 Å². The third kappa shape index (κ3) is 1.12. The third-order valence-electron chi connectivity index (χ3n) is 1.94. The van der Waals surface area contributed by atoms with Gasteiger partial charge in [0.05, 0.1) is 11.2 Å². The molecule has 0 radical (unpaired) electrons. The van der Waals surface area contributed by atoms with Gasteiger partial charge in [-0.3, -0.25) is 9.20 Å². The molecule has 0 atom stereocenters. The lowest BCUT2D eigenvalue weighted by atomic mass is 10.3. The van der Waals surface area contributed by atoms with Gasteiger partial charge in [-0.25, -0.2) is 4.98 Å². The molecule has 3 nitrogen and oxygen atoms in total. The number of aldehydes is 1. The quantitative estimate of drug-likeness (QED) is 0.652. The van der Waals surface area contributed by atoms with Gasteiger partial charge in [-0.05, 0) is 19.1 Å². The van der Waals surface area contributed by atoms with Gasteiger partial charge in [0, 0.05) is 0 Å². The fraction of sp³-hybridized carbons (Fsp3) is 0.111. The van der Waals surface area contributed by atoms with E-state index in [-0.39, 0.29) is 0 Å². The van der Waals surface area contributed by atoms with E-state index in [4.69, 9.17) is 11.6 Å². The second kappa shape index (κ2) is 2.85. The molecular formula is C9H7ClN2O. The zero-order chi connectivity index (χ0) is 9.42. The molecular weight excluding hydrogens is 188 g/mol. The number of carbonyl (C=O) groups excluding carboxylic acids is 1. The van der Waals surface area contributed by atoms with E-state index in [2.05, 4.69) is 4.98 Å². The van der Waals surface area contributed by atoms with Crippen molar-refractivity contribution in [3.63, 3.8) is 0 Å². The Hall–Kier alpha value is -1.35. The standard InChI is InChI=1S/C9H7ClN2O/c1-6-11-9(10)8-4-2-3-7(5-13)12(6)8/h2-5H,1H3. The molecule has 0 bridgehead atoms. The van der Waals surface area contributed by atoms with Crippen molar-refractivity contribution < 1.29 is 4.79 Å². The van der Waals surface area contributed by atoms with Crippen LogP contribution in [0.2, 0.25) is 5.15 Å². The largest absolute Gasteiger partial charge is 0.296 e. The topological polar surface area (TPSA) is 34.4 Å². The highest BCUT2D eigenvalue weighted by atomic mass is 35.5. The molecule has 2 aromatic rings. The van der Waals surface area contributed by atoms with Gasteiger partial charge in [0.2, 0.25) is 0 Å². The molecule has 0 aliphatic carbocycles. The van der Waals surface area contributed by atoms with Crippen molar-refractivity contribution in [3.8, 4) is 0 Å². The molecule has 0 N–H and O–H groups in total. The summed E-state index contributed by atoms with van der Waals surface area (Å²) in [5.74, 6) is 0.725. The predicted molar refractivity (Wildman–Crippen MR) is 50.3 cm³/mol. The van der Waals surface area contributed by atoms with Gasteiger partial charge < -0.3 is 0 Å². The molecule has 0 aromatic carbocycles. The number of pyridine rings is 1. The van der Waals surface area contributed by atoms with Crippen molar-refractivity contribution in [2.75, 3.05) is 0 Å². The van der Waals surface area contributed by atoms with Crippen LogP contribution in [0.15, 0.2) is 18.2 Å². The van der Waals surface area contributed by atoms with Crippen LogP contribution < -0.4 is 0 Å². The van der Waals surface area contributed by atoms with Crippen LogP contribution in [0.1, 0.15) is 16.3 Å². The average Bonchev–Trinajstić information content (AvgIpc) is 2.43. The fourth-order valence-corrected chi connectivity index (χ4v) is 1.66. The number of carbonyl (C=O) groups is 1. The second-order valence-electron chi connectivity index (χ2n) is 2.74. The van der Waals surface area contributed by atoms with E-state index >= 15 is 0 Å². The van der Waals surface area contributed by atoms with Gasteiger partial charge in [-0.15, -0.1) is 0 Å². The monoisotopic (exact) mass is 194 g/mol. The molecule has 0 spiro atoms. The van der Waals surface area contributed by atoms with Crippen LogP contribution in [0.4, 0.5) is 0 Å². The molecule has 0 aliphatic heterocycles. The first-order valence-electron chi connectivity index (χ1n) is 3.83. The Bertz CT molecular complexity index is 476. The molecule has 0 fully saturated rings. The highest BCUT2D eigenvalue weighted by Gasteiger charge is 2.07. The Labute approximate surface area is 80.0 Å². The molecule has 0 amide bonds. The summed E-state index contributed by atoms with van der Waals surface area (Å²) in [4.78, 5) is 14.8. The Kier molecular flexibility index (Phi) is 1.81. The summed E-state index contributed by atoms with van der Waals surface area (Å²) in [6.45, 7) is 1.81. The zero-order valence-electron chi connectivity index (χ0n) is 6.99. The predicted octanol–water partition coefficient (Wildman–Crippen LogP) is 2.11. The maximum absolute atomic E-state index is 10.7. The summed E-state index contributed by atoms with van der Waals surface area (Å²) in [6.07, 6.45) is 0.790. The normalized spacial score (nSPS) is 10.6. The van der Waals surface area contributed by atoms with E-state index in [0.717, 1.165) is 17.6 Å². The van der Waals surface area contributed by atoms with Crippen molar-refractivity contribution in [1.29, 1.82) is 0 Å². The van der Waals surface area contributed by atoms with Crippen LogP contribution in [0.5, 0.6) is 0 Å². The molecule has 2 heterocycles. The summed E-state index contributed by atoms with van der Waals surface area (Å²) in [6, 6.07) is 5.34. The van der Waals surface area contributed by atoms with Crippen molar-refractivity contribution in [2.45, 2.75) is 6.92 Å². The minimum absolute atomic E-state index is 0.432. The van der Waals surface area contributed by atoms with E-state index in [0.29, 0.717) is 10.8 Å². The van der Waals surface area contributed by atoms with Crippen LogP contribution in [-0.2, 0) is 0 Å². The highest BCUT2D eigenvalue weighted by molar-refractivity contribution is 6.32. The molecule has 13 heavy (non-hydrogen) atoms. The first kappa shape index (κ1) is 8.26. The van der Waals surface area contributed by atoms with E-state index < -0.39 is 0 Å². The molecule has 66 valence electrons. The molecule has 2 aromatic heterocycles. The molecule has 4 heteroatoms. The van der Waals surface area contributed by atoms with Crippen LogP contribution in [0.3, 0.4) is 0 Å². The van der Waals surface area contributed by atoms with Gasteiger partial charge in [0.1, 0.15) is 5.82 Å². The number of nitrogens with zero attached hydrogens (tertiary/aromatic N) is 2. The zero-order valence-corrected chi connectivity index (χ0v) is 7.75. The summed E-state index contributed by atoms with van der Waals surface area (Å²) >= 11 is 5.86. The smallest absolute Gasteiger partial charge is 0.166 e. The number of fused-ring (bicyclic) bond motifs is 1. The Balaban J connectivity index is 2.96. The maximum Gasteiger partial charge on any atom is 0.166 e. The average molecular weight is 195 g/mol. The first-order valence-corrected chi connectivity index (χ1v) is 4.20. The summed E-state index contributed by atoms with van der Waals surface area (Å²) in [5, 5.41) is 0.432. The Morgan fingerprint density at radius 3 is 3.00 bits per heavy atom.